The average molecular weight is 297 g/mol. The number of halogens is 1. The van der Waals surface area contributed by atoms with Gasteiger partial charge in [0.1, 0.15) is 11.5 Å². The van der Waals surface area contributed by atoms with Crippen molar-refractivity contribution in [1.29, 1.82) is 0 Å². The number of nitro groups is 1. The second kappa shape index (κ2) is 5.15. The zero-order chi connectivity index (χ0) is 15.7. The summed E-state index contributed by atoms with van der Waals surface area (Å²) in [5.41, 5.74) is -1.81. The molecule has 2 N–H and O–H groups in total. The SMILES string of the molecule is O=C1CN(c2cc(C(=O)O)c(F)cc2[N+](=O)[O-])CC(=O)N1. The van der Waals surface area contributed by atoms with Crippen LogP contribution in [0.15, 0.2) is 12.1 Å². The van der Waals surface area contributed by atoms with Gasteiger partial charge < -0.3 is 10.0 Å². The molecule has 1 aliphatic heterocycles. The third-order valence-electron chi connectivity index (χ3n) is 2.78. The Labute approximate surface area is 116 Å². The van der Waals surface area contributed by atoms with Gasteiger partial charge in [-0.15, -0.1) is 0 Å². The summed E-state index contributed by atoms with van der Waals surface area (Å²) in [4.78, 5) is 44.5. The number of hydrogen-bond donors (Lipinski definition) is 2. The van der Waals surface area contributed by atoms with Crippen LogP contribution in [-0.4, -0.2) is 40.9 Å². The van der Waals surface area contributed by atoms with Gasteiger partial charge in [-0.25, -0.2) is 9.18 Å². The maximum absolute atomic E-state index is 13.5. The fourth-order valence-corrected chi connectivity index (χ4v) is 1.92. The fourth-order valence-electron chi connectivity index (χ4n) is 1.92. The standard InChI is InChI=1S/C11H8FN3O6/c12-6-2-8(15(20)21)7(1-5(6)11(18)19)14-3-9(16)13-10(17)4-14/h1-2H,3-4H2,(H,18,19)(H,13,16,17). The molecule has 1 aromatic rings. The van der Waals surface area contributed by atoms with Gasteiger partial charge in [-0.05, 0) is 6.07 Å². The number of nitrogens with zero attached hydrogens (tertiary/aromatic N) is 2. The number of benzene rings is 1. The predicted molar refractivity (Wildman–Crippen MR) is 65.4 cm³/mol. The van der Waals surface area contributed by atoms with Gasteiger partial charge >= 0.3 is 5.97 Å². The second-order valence-electron chi connectivity index (χ2n) is 4.21. The molecular formula is C11H8FN3O6. The van der Waals surface area contributed by atoms with Crippen LogP contribution in [0.5, 0.6) is 0 Å². The average Bonchev–Trinajstić information content (AvgIpc) is 2.36. The minimum atomic E-state index is -1.61. The van der Waals surface area contributed by atoms with Crippen LogP contribution in [0.25, 0.3) is 0 Å². The van der Waals surface area contributed by atoms with E-state index in [1.807, 2.05) is 5.32 Å². The van der Waals surface area contributed by atoms with E-state index < -0.39 is 39.8 Å². The van der Waals surface area contributed by atoms with Gasteiger partial charge in [-0.2, -0.15) is 0 Å². The Morgan fingerprint density at radius 2 is 1.90 bits per heavy atom. The van der Waals surface area contributed by atoms with Crippen molar-refractivity contribution in [3.63, 3.8) is 0 Å². The zero-order valence-corrected chi connectivity index (χ0v) is 10.3. The molecule has 0 unspecified atom stereocenters. The number of piperazine rings is 1. The van der Waals surface area contributed by atoms with E-state index in [-0.39, 0.29) is 18.8 Å². The molecule has 1 fully saturated rings. The fraction of sp³-hybridized carbons (Fsp3) is 0.182. The smallest absolute Gasteiger partial charge is 0.338 e. The van der Waals surface area contributed by atoms with Crippen molar-refractivity contribution >= 4 is 29.2 Å². The minimum Gasteiger partial charge on any atom is -0.478 e. The molecule has 0 radical (unpaired) electrons. The van der Waals surface area contributed by atoms with Crippen LogP contribution in [0.3, 0.4) is 0 Å². The summed E-state index contributed by atoms with van der Waals surface area (Å²) in [7, 11) is 0. The lowest BCUT2D eigenvalue weighted by Crippen LogP contribution is -2.51. The molecule has 0 aromatic heterocycles. The van der Waals surface area contributed by atoms with Crippen molar-refractivity contribution in [3.05, 3.63) is 33.6 Å². The van der Waals surface area contributed by atoms with Crippen LogP contribution in [0, 0.1) is 15.9 Å². The monoisotopic (exact) mass is 297 g/mol. The molecule has 0 atom stereocenters. The molecule has 1 saturated heterocycles. The molecule has 2 rings (SSSR count). The number of amides is 2. The van der Waals surface area contributed by atoms with Crippen LogP contribution in [-0.2, 0) is 9.59 Å². The summed E-state index contributed by atoms with van der Waals surface area (Å²) < 4.78 is 13.5. The first kappa shape index (κ1) is 14.4. The van der Waals surface area contributed by atoms with Crippen molar-refractivity contribution in [2.24, 2.45) is 0 Å². The molecule has 1 aliphatic rings. The molecule has 110 valence electrons. The van der Waals surface area contributed by atoms with Crippen LogP contribution in [0.4, 0.5) is 15.8 Å². The molecule has 1 aromatic carbocycles. The minimum absolute atomic E-state index is 0.304. The summed E-state index contributed by atoms with van der Waals surface area (Å²) in [6.07, 6.45) is 0. The number of rotatable bonds is 3. The molecule has 1 heterocycles. The van der Waals surface area contributed by atoms with Crippen LogP contribution >= 0.6 is 0 Å². The van der Waals surface area contributed by atoms with Crippen molar-refractivity contribution < 1.29 is 28.8 Å². The maximum Gasteiger partial charge on any atom is 0.338 e. The molecule has 0 saturated carbocycles. The van der Waals surface area contributed by atoms with Crippen LogP contribution < -0.4 is 10.2 Å². The summed E-state index contributed by atoms with van der Waals surface area (Å²) in [6, 6.07) is 1.19. The molecule has 2 amide bonds. The van der Waals surface area contributed by atoms with E-state index >= 15 is 0 Å². The third-order valence-corrected chi connectivity index (χ3v) is 2.78. The molecular weight excluding hydrogens is 289 g/mol. The number of aromatic carboxylic acids is 1. The van der Waals surface area contributed by atoms with Crippen molar-refractivity contribution in [2.75, 3.05) is 18.0 Å². The van der Waals surface area contributed by atoms with Gasteiger partial charge in [0.2, 0.25) is 11.8 Å². The summed E-state index contributed by atoms with van der Waals surface area (Å²) >= 11 is 0. The number of carboxylic acids is 1. The largest absolute Gasteiger partial charge is 0.478 e. The van der Waals surface area contributed by atoms with E-state index in [1.54, 1.807) is 0 Å². The summed E-state index contributed by atoms with van der Waals surface area (Å²) in [5, 5.41) is 21.8. The first-order chi connectivity index (χ1) is 9.79. The van der Waals surface area contributed by atoms with E-state index in [2.05, 4.69) is 0 Å². The highest BCUT2D eigenvalue weighted by atomic mass is 19.1. The number of nitrogens with one attached hydrogen (secondary N) is 1. The number of nitro benzene ring substituents is 1. The molecule has 10 heteroatoms. The molecule has 9 nitrogen and oxygen atoms in total. The third kappa shape index (κ3) is 2.78. The van der Waals surface area contributed by atoms with E-state index in [0.717, 1.165) is 11.0 Å². The Bertz CT molecular complexity index is 658. The van der Waals surface area contributed by atoms with E-state index in [9.17, 15) is 28.9 Å². The lowest BCUT2D eigenvalue weighted by atomic mass is 10.1. The molecule has 0 aliphatic carbocycles. The number of anilines is 1. The predicted octanol–water partition coefficient (Wildman–Crippen LogP) is -0.105. The number of carbonyl (C=O) groups is 3. The number of carboxylic acid groups (broad SMARTS) is 1. The van der Waals surface area contributed by atoms with Crippen LogP contribution in [0.1, 0.15) is 10.4 Å². The second-order valence-corrected chi connectivity index (χ2v) is 4.21. The lowest BCUT2D eigenvalue weighted by molar-refractivity contribution is -0.384. The normalized spacial score (nSPS) is 14.8. The van der Waals surface area contributed by atoms with Gasteiger partial charge in [-0.1, -0.05) is 0 Å². The number of carbonyl (C=O) groups excluding carboxylic acids is 2. The van der Waals surface area contributed by atoms with Crippen molar-refractivity contribution in [2.45, 2.75) is 0 Å². The molecule has 0 bridgehead atoms. The van der Waals surface area contributed by atoms with Gasteiger partial charge in [0.25, 0.3) is 5.69 Å². The highest BCUT2D eigenvalue weighted by Crippen LogP contribution is 2.31. The summed E-state index contributed by atoms with van der Waals surface area (Å²) in [5.74, 6) is -4.27. The van der Waals surface area contributed by atoms with Crippen molar-refractivity contribution in [3.8, 4) is 0 Å². The Kier molecular flexibility index (Phi) is 3.52. The Morgan fingerprint density at radius 1 is 1.33 bits per heavy atom. The van der Waals surface area contributed by atoms with E-state index in [4.69, 9.17) is 5.11 Å². The van der Waals surface area contributed by atoms with E-state index in [0.29, 0.717) is 6.07 Å². The Morgan fingerprint density at radius 3 is 2.38 bits per heavy atom. The quantitative estimate of drug-likeness (QED) is 0.452. The van der Waals surface area contributed by atoms with Gasteiger partial charge in [-0.3, -0.25) is 25.0 Å². The van der Waals surface area contributed by atoms with Crippen molar-refractivity contribution in [1.82, 2.24) is 5.32 Å². The molecule has 21 heavy (non-hydrogen) atoms. The first-order valence-corrected chi connectivity index (χ1v) is 5.58. The Hall–Kier alpha value is -3.04. The lowest BCUT2D eigenvalue weighted by Gasteiger charge is -2.27. The Balaban J connectivity index is 2.56. The topological polar surface area (TPSA) is 130 Å². The van der Waals surface area contributed by atoms with Gasteiger partial charge in [0.15, 0.2) is 0 Å². The van der Waals surface area contributed by atoms with Crippen LogP contribution in [0.2, 0.25) is 0 Å². The number of imide groups is 1. The highest BCUT2D eigenvalue weighted by Gasteiger charge is 2.30. The van der Waals surface area contributed by atoms with Gasteiger partial charge in [0.05, 0.1) is 29.6 Å². The number of hydrogen-bond acceptors (Lipinski definition) is 6. The molecule has 0 spiro atoms. The maximum atomic E-state index is 13.5. The first-order valence-electron chi connectivity index (χ1n) is 5.58. The highest BCUT2D eigenvalue weighted by molar-refractivity contribution is 6.03. The van der Waals surface area contributed by atoms with Gasteiger partial charge in [0, 0.05) is 0 Å². The summed E-state index contributed by atoms with van der Waals surface area (Å²) in [6.45, 7) is -0.755. The zero-order valence-electron chi connectivity index (χ0n) is 10.3. The van der Waals surface area contributed by atoms with E-state index in [1.165, 1.54) is 0 Å².